The number of hydrogen-bond acceptors (Lipinski definition) is 5. The van der Waals surface area contributed by atoms with Crippen LogP contribution in [0.3, 0.4) is 0 Å². The van der Waals surface area contributed by atoms with E-state index in [-0.39, 0.29) is 5.54 Å². The van der Waals surface area contributed by atoms with Crippen molar-refractivity contribution in [3.63, 3.8) is 0 Å². The third-order valence-electron chi connectivity index (χ3n) is 3.82. The summed E-state index contributed by atoms with van der Waals surface area (Å²) in [5.41, 5.74) is 6.13. The van der Waals surface area contributed by atoms with Crippen molar-refractivity contribution in [3.05, 3.63) is 0 Å². The lowest BCUT2D eigenvalue weighted by atomic mass is 9.87. The summed E-state index contributed by atoms with van der Waals surface area (Å²) in [4.78, 5) is 2.47. The Morgan fingerprint density at radius 3 is 2.33 bits per heavy atom. The molecular formula is C13H28N2O3. The summed E-state index contributed by atoms with van der Waals surface area (Å²) >= 11 is 0. The molecule has 1 rings (SSSR count). The van der Waals surface area contributed by atoms with Gasteiger partial charge in [-0.2, -0.15) is 0 Å². The van der Waals surface area contributed by atoms with Crippen LogP contribution in [-0.4, -0.2) is 70.7 Å². The van der Waals surface area contributed by atoms with E-state index in [0.717, 1.165) is 58.8 Å². The Hall–Kier alpha value is -0.200. The highest BCUT2D eigenvalue weighted by molar-refractivity contribution is 4.93. The average molecular weight is 260 g/mol. The van der Waals surface area contributed by atoms with E-state index in [1.54, 1.807) is 14.2 Å². The van der Waals surface area contributed by atoms with E-state index >= 15 is 0 Å². The molecule has 1 aliphatic rings. The van der Waals surface area contributed by atoms with Crippen molar-refractivity contribution in [3.8, 4) is 0 Å². The highest BCUT2D eigenvalue weighted by Gasteiger charge is 2.36. The summed E-state index contributed by atoms with van der Waals surface area (Å²) in [5.74, 6) is 0. The van der Waals surface area contributed by atoms with Crippen LogP contribution in [0, 0.1) is 0 Å². The van der Waals surface area contributed by atoms with Gasteiger partial charge in [0, 0.05) is 59.2 Å². The molecule has 0 spiro atoms. The van der Waals surface area contributed by atoms with Gasteiger partial charge in [-0.1, -0.05) is 0 Å². The molecule has 0 aliphatic carbocycles. The standard InChI is InChI=1S/C13H28N2O3/c1-16-8-3-6-15(7-11-17-2)13(12-14)4-9-18-10-5-13/h3-12,14H2,1-2H3. The van der Waals surface area contributed by atoms with E-state index in [9.17, 15) is 0 Å². The molecule has 0 unspecified atom stereocenters. The summed E-state index contributed by atoms with van der Waals surface area (Å²) in [6.07, 6.45) is 3.06. The number of methoxy groups -OCH3 is 2. The maximum Gasteiger partial charge on any atom is 0.0589 e. The van der Waals surface area contributed by atoms with E-state index in [1.165, 1.54) is 0 Å². The normalized spacial score (nSPS) is 19.3. The van der Waals surface area contributed by atoms with E-state index < -0.39 is 0 Å². The molecule has 0 amide bonds. The Balaban J connectivity index is 2.58. The first-order valence-corrected chi connectivity index (χ1v) is 6.80. The van der Waals surface area contributed by atoms with Gasteiger partial charge in [0.1, 0.15) is 0 Å². The zero-order chi connectivity index (χ0) is 13.3. The molecule has 108 valence electrons. The monoisotopic (exact) mass is 260 g/mol. The van der Waals surface area contributed by atoms with Gasteiger partial charge in [-0.25, -0.2) is 0 Å². The van der Waals surface area contributed by atoms with Crippen LogP contribution < -0.4 is 5.73 Å². The molecule has 5 nitrogen and oxygen atoms in total. The van der Waals surface area contributed by atoms with Crippen LogP contribution in [-0.2, 0) is 14.2 Å². The minimum Gasteiger partial charge on any atom is -0.385 e. The van der Waals surface area contributed by atoms with E-state index in [0.29, 0.717) is 6.54 Å². The predicted octanol–water partition coefficient (Wildman–Crippen LogP) is 0.479. The first kappa shape index (κ1) is 15.9. The van der Waals surface area contributed by atoms with Crippen LogP contribution in [0.15, 0.2) is 0 Å². The third-order valence-corrected chi connectivity index (χ3v) is 3.82. The summed E-state index contributed by atoms with van der Waals surface area (Å²) in [5, 5.41) is 0. The molecule has 0 atom stereocenters. The SMILES string of the molecule is COCCCN(CCOC)C1(CN)CCOCC1. The first-order valence-electron chi connectivity index (χ1n) is 6.80. The van der Waals surface area contributed by atoms with E-state index in [1.807, 2.05) is 0 Å². The fourth-order valence-electron chi connectivity index (χ4n) is 2.59. The molecule has 1 aliphatic heterocycles. The lowest BCUT2D eigenvalue weighted by Crippen LogP contribution is -2.58. The van der Waals surface area contributed by atoms with Gasteiger partial charge < -0.3 is 19.9 Å². The molecule has 1 heterocycles. The fourth-order valence-corrected chi connectivity index (χ4v) is 2.59. The molecular weight excluding hydrogens is 232 g/mol. The van der Waals surface area contributed by atoms with Gasteiger partial charge in [-0.15, -0.1) is 0 Å². The van der Waals surface area contributed by atoms with E-state index in [4.69, 9.17) is 19.9 Å². The quantitative estimate of drug-likeness (QED) is 0.611. The molecule has 0 radical (unpaired) electrons. The van der Waals surface area contributed by atoms with Crippen molar-refractivity contribution >= 4 is 0 Å². The molecule has 0 aromatic rings. The maximum atomic E-state index is 6.05. The van der Waals surface area contributed by atoms with Gasteiger partial charge in [0.25, 0.3) is 0 Å². The van der Waals surface area contributed by atoms with Gasteiger partial charge >= 0.3 is 0 Å². The van der Waals surface area contributed by atoms with Gasteiger partial charge in [-0.05, 0) is 19.3 Å². The molecule has 0 bridgehead atoms. The number of hydrogen-bond donors (Lipinski definition) is 1. The van der Waals surface area contributed by atoms with Crippen LogP contribution in [0.1, 0.15) is 19.3 Å². The zero-order valence-electron chi connectivity index (χ0n) is 11.8. The number of nitrogens with two attached hydrogens (primary N) is 1. The predicted molar refractivity (Wildman–Crippen MR) is 71.8 cm³/mol. The van der Waals surface area contributed by atoms with Crippen molar-refractivity contribution < 1.29 is 14.2 Å². The van der Waals surface area contributed by atoms with Crippen molar-refractivity contribution in [2.24, 2.45) is 5.73 Å². The Bertz CT molecular complexity index is 208. The lowest BCUT2D eigenvalue weighted by molar-refractivity contribution is -0.0344. The number of rotatable bonds is 9. The molecule has 2 N–H and O–H groups in total. The van der Waals surface area contributed by atoms with Gasteiger partial charge in [0.05, 0.1) is 6.61 Å². The third kappa shape index (κ3) is 4.48. The second-order valence-corrected chi connectivity index (χ2v) is 4.87. The van der Waals surface area contributed by atoms with Crippen molar-refractivity contribution in [2.75, 3.05) is 60.3 Å². The Labute approximate surface area is 111 Å². The second-order valence-electron chi connectivity index (χ2n) is 4.87. The summed E-state index contributed by atoms with van der Waals surface area (Å²) in [6.45, 7) is 5.78. The van der Waals surface area contributed by atoms with Crippen LogP contribution in [0.5, 0.6) is 0 Å². The first-order chi connectivity index (χ1) is 8.79. The van der Waals surface area contributed by atoms with Crippen LogP contribution in [0.2, 0.25) is 0 Å². The van der Waals surface area contributed by atoms with Gasteiger partial charge in [-0.3, -0.25) is 4.90 Å². The van der Waals surface area contributed by atoms with Crippen LogP contribution in [0.25, 0.3) is 0 Å². The Kier molecular flexibility index (Phi) is 7.77. The molecule has 0 saturated carbocycles. The molecule has 1 saturated heterocycles. The summed E-state index contributed by atoms with van der Waals surface area (Å²) < 4.78 is 15.8. The fraction of sp³-hybridized carbons (Fsp3) is 1.00. The Morgan fingerprint density at radius 1 is 1.11 bits per heavy atom. The summed E-state index contributed by atoms with van der Waals surface area (Å²) in [7, 11) is 3.49. The molecule has 18 heavy (non-hydrogen) atoms. The highest BCUT2D eigenvalue weighted by atomic mass is 16.5. The molecule has 0 aromatic carbocycles. The largest absolute Gasteiger partial charge is 0.385 e. The summed E-state index contributed by atoms with van der Waals surface area (Å²) in [6, 6.07) is 0. The minimum absolute atomic E-state index is 0.0878. The molecule has 1 fully saturated rings. The Morgan fingerprint density at radius 2 is 1.78 bits per heavy atom. The van der Waals surface area contributed by atoms with E-state index in [2.05, 4.69) is 4.90 Å². The molecule has 5 heteroatoms. The second kappa shape index (κ2) is 8.82. The highest BCUT2D eigenvalue weighted by Crippen LogP contribution is 2.27. The van der Waals surface area contributed by atoms with Gasteiger partial charge in [0.2, 0.25) is 0 Å². The smallest absolute Gasteiger partial charge is 0.0589 e. The van der Waals surface area contributed by atoms with Crippen molar-refractivity contribution in [2.45, 2.75) is 24.8 Å². The van der Waals surface area contributed by atoms with Crippen molar-refractivity contribution in [1.29, 1.82) is 0 Å². The maximum absolute atomic E-state index is 6.05. The number of nitrogens with zero attached hydrogens (tertiary/aromatic N) is 1. The topological polar surface area (TPSA) is 57.0 Å². The van der Waals surface area contributed by atoms with Gasteiger partial charge in [0.15, 0.2) is 0 Å². The van der Waals surface area contributed by atoms with Crippen LogP contribution >= 0.6 is 0 Å². The zero-order valence-corrected chi connectivity index (χ0v) is 11.8. The van der Waals surface area contributed by atoms with Crippen molar-refractivity contribution in [1.82, 2.24) is 4.90 Å². The minimum atomic E-state index is 0.0878. The lowest BCUT2D eigenvalue weighted by Gasteiger charge is -2.46. The molecule has 0 aromatic heterocycles. The average Bonchev–Trinajstić information content (AvgIpc) is 2.43. The number of ether oxygens (including phenoxy) is 3. The van der Waals surface area contributed by atoms with Crippen LogP contribution in [0.4, 0.5) is 0 Å².